The number of rotatable bonds is 5. The second-order valence-corrected chi connectivity index (χ2v) is 5.53. The largest absolute Gasteiger partial charge is 2.00 e. The minimum Gasteiger partial charge on any atom is -0.853 e. The van der Waals surface area contributed by atoms with Crippen LogP contribution in [0.1, 0.15) is 0 Å². The van der Waals surface area contributed by atoms with Gasteiger partial charge in [0.05, 0.1) is 12.2 Å². The Morgan fingerprint density at radius 3 is 1.92 bits per heavy atom. The fourth-order valence-electron chi connectivity index (χ4n) is 2.61. The van der Waals surface area contributed by atoms with Gasteiger partial charge < -0.3 is 55.1 Å². The summed E-state index contributed by atoms with van der Waals surface area (Å²) < 4.78 is 15.2. The summed E-state index contributed by atoms with van der Waals surface area (Å²) in [4.78, 5) is 0. The van der Waals surface area contributed by atoms with Gasteiger partial charge in [-0.1, -0.05) is 0 Å². The van der Waals surface area contributed by atoms with Crippen molar-refractivity contribution in [2.75, 3.05) is 19.8 Å². The minimum absolute atomic E-state index is 0. The Bertz CT molecular complexity index is 399. The van der Waals surface area contributed by atoms with Gasteiger partial charge in [-0.05, 0) is 0 Å². The summed E-state index contributed by atoms with van der Waals surface area (Å²) in [5.74, 6) is -2.28. The van der Waals surface area contributed by atoms with Crippen LogP contribution in [0.2, 0.25) is 0 Å². The van der Waals surface area contributed by atoms with Crippen LogP contribution < -0.4 is 10.2 Å². The van der Waals surface area contributed by atoms with Crippen LogP contribution in [0.4, 0.5) is 0 Å². The predicted octanol–water partition coefficient (Wildman–Crippen LogP) is -6.66. The molecule has 2 heterocycles. The average molecular weight is 396 g/mol. The molecule has 0 bridgehead atoms. The first-order valence-corrected chi connectivity index (χ1v) is 6.99. The van der Waals surface area contributed by atoms with Crippen LogP contribution in [-0.4, -0.2) is 105 Å². The van der Waals surface area contributed by atoms with Gasteiger partial charge in [0.15, 0.2) is 6.29 Å². The van der Waals surface area contributed by atoms with Gasteiger partial charge >= 0.3 is 17.1 Å². The number of aliphatic hydroxyl groups excluding tert-OH is 6. The third-order valence-electron chi connectivity index (χ3n) is 4.04. The number of aliphatic hydroxyl groups is 6. The van der Waals surface area contributed by atoms with E-state index in [9.17, 15) is 40.9 Å². The molecule has 2 fully saturated rings. The predicted molar refractivity (Wildman–Crippen MR) is 64.2 cm³/mol. The summed E-state index contributed by atoms with van der Waals surface area (Å²) in [6.07, 6.45) is -13.3. The zero-order chi connectivity index (χ0) is 17.4. The molecular formula is C12H20FeO11. The molecule has 0 spiro atoms. The van der Waals surface area contributed by atoms with Gasteiger partial charge in [-0.25, -0.2) is 0 Å². The molecule has 142 valence electrons. The van der Waals surface area contributed by atoms with E-state index in [-0.39, 0.29) is 17.1 Å². The van der Waals surface area contributed by atoms with Crippen molar-refractivity contribution in [2.24, 2.45) is 0 Å². The van der Waals surface area contributed by atoms with E-state index >= 15 is 0 Å². The second kappa shape index (κ2) is 8.64. The van der Waals surface area contributed by atoms with Gasteiger partial charge in [-0.2, -0.15) is 0 Å². The molecule has 2 aliphatic rings. The molecule has 7 unspecified atom stereocenters. The van der Waals surface area contributed by atoms with Crippen molar-refractivity contribution in [1.29, 1.82) is 0 Å². The molecule has 0 radical (unpaired) electrons. The Morgan fingerprint density at radius 2 is 1.46 bits per heavy atom. The normalized spacial score (nSPS) is 49.0. The third kappa shape index (κ3) is 3.76. The number of hydrogen-bond donors (Lipinski definition) is 6. The zero-order valence-electron chi connectivity index (χ0n) is 12.3. The van der Waals surface area contributed by atoms with Gasteiger partial charge in [0.1, 0.15) is 37.1 Å². The van der Waals surface area contributed by atoms with Crippen LogP contribution in [0.5, 0.6) is 0 Å². The van der Waals surface area contributed by atoms with Crippen molar-refractivity contribution >= 4 is 0 Å². The number of hydrogen-bond acceptors (Lipinski definition) is 11. The first kappa shape index (κ1) is 22.1. The molecule has 0 saturated carbocycles. The second-order valence-electron chi connectivity index (χ2n) is 5.53. The maximum Gasteiger partial charge on any atom is 2.00 e. The Labute approximate surface area is 147 Å². The summed E-state index contributed by atoms with van der Waals surface area (Å²) in [5, 5.41) is 80.1. The smallest absolute Gasteiger partial charge is 0.853 e. The Morgan fingerprint density at radius 1 is 0.875 bits per heavy atom. The molecule has 2 aliphatic heterocycles. The molecule has 11 nitrogen and oxygen atoms in total. The monoisotopic (exact) mass is 396 g/mol. The fourth-order valence-corrected chi connectivity index (χ4v) is 2.61. The Hall–Kier alpha value is 0.0795. The van der Waals surface area contributed by atoms with Gasteiger partial charge in [-0.15, -0.1) is 13.2 Å². The molecule has 24 heavy (non-hydrogen) atoms. The molecule has 0 aromatic rings. The van der Waals surface area contributed by atoms with E-state index in [1.807, 2.05) is 0 Å². The summed E-state index contributed by atoms with van der Waals surface area (Å²) in [5.41, 5.74) is 0. The zero-order valence-corrected chi connectivity index (χ0v) is 13.4. The molecular weight excluding hydrogens is 376 g/mol. The van der Waals surface area contributed by atoms with Crippen molar-refractivity contribution in [1.82, 2.24) is 0 Å². The fraction of sp³-hybridized carbons (Fsp3) is 1.00. The summed E-state index contributed by atoms with van der Waals surface area (Å²) in [7, 11) is 0. The molecule has 2 rings (SSSR count). The first-order chi connectivity index (χ1) is 10.8. The van der Waals surface area contributed by atoms with Crippen LogP contribution in [-0.2, 0) is 31.3 Å². The summed E-state index contributed by atoms with van der Waals surface area (Å²) in [6, 6.07) is 0. The van der Waals surface area contributed by atoms with Crippen LogP contribution >= 0.6 is 0 Å². The van der Waals surface area contributed by atoms with Crippen molar-refractivity contribution in [2.45, 2.75) is 54.8 Å². The standard InChI is InChI=1S/C12H20O11.Fe/c13-1-4-6(16)8(18)9(19)11(21-4)23-12(3-15)10(20)7(17)5(2-14)22-12;/h4-11,15-20H,1-3H2;/q-2;+2/t4?,5-,6?,7?,8?,9?,10?,11?,12+;/m1./s1. The van der Waals surface area contributed by atoms with Crippen molar-refractivity contribution in [3.8, 4) is 0 Å². The van der Waals surface area contributed by atoms with Gasteiger partial charge in [-0.3, -0.25) is 0 Å². The van der Waals surface area contributed by atoms with Crippen molar-refractivity contribution in [3.63, 3.8) is 0 Å². The van der Waals surface area contributed by atoms with E-state index in [1.165, 1.54) is 0 Å². The molecule has 0 amide bonds. The Balaban J connectivity index is 0.00000288. The van der Waals surface area contributed by atoms with Crippen LogP contribution in [0.15, 0.2) is 0 Å². The molecule has 12 heteroatoms. The van der Waals surface area contributed by atoms with E-state index in [0.717, 1.165) is 0 Å². The topological polar surface area (TPSA) is 195 Å². The van der Waals surface area contributed by atoms with E-state index in [1.54, 1.807) is 0 Å². The molecule has 0 aromatic carbocycles. The minimum atomic E-state index is -2.28. The van der Waals surface area contributed by atoms with Crippen LogP contribution in [0.3, 0.4) is 0 Å². The van der Waals surface area contributed by atoms with E-state index in [4.69, 9.17) is 14.2 Å². The Kier molecular flexibility index (Phi) is 7.97. The molecule has 0 aromatic heterocycles. The third-order valence-corrected chi connectivity index (χ3v) is 4.04. The molecule has 2 saturated heterocycles. The number of ether oxygens (including phenoxy) is 3. The first-order valence-electron chi connectivity index (χ1n) is 6.99. The van der Waals surface area contributed by atoms with Gasteiger partial charge in [0, 0.05) is 0 Å². The van der Waals surface area contributed by atoms with Gasteiger partial charge in [0.25, 0.3) is 0 Å². The van der Waals surface area contributed by atoms with E-state index in [2.05, 4.69) is 0 Å². The van der Waals surface area contributed by atoms with Crippen LogP contribution in [0, 0.1) is 0 Å². The summed E-state index contributed by atoms with van der Waals surface area (Å²) >= 11 is 0. The molecule has 9 atom stereocenters. The van der Waals surface area contributed by atoms with Crippen LogP contribution in [0.25, 0.3) is 0 Å². The summed E-state index contributed by atoms with van der Waals surface area (Å²) in [6.45, 7) is -2.89. The maximum absolute atomic E-state index is 10.9. The van der Waals surface area contributed by atoms with Crippen molar-refractivity contribution in [3.05, 3.63) is 0 Å². The van der Waals surface area contributed by atoms with E-state index in [0.29, 0.717) is 0 Å². The van der Waals surface area contributed by atoms with Gasteiger partial charge in [0.2, 0.25) is 5.79 Å². The van der Waals surface area contributed by atoms with Crippen molar-refractivity contribution < 1.29 is 72.1 Å². The molecule has 0 aliphatic carbocycles. The quantitative estimate of drug-likeness (QED) is 0.242. The maximum atomic E-state index is 10.9. The molecule has 6 N–H and O–H groups in total. The SMILES string of the molecule is [Fe+2].[O-]CC1OC(O[C@]2(CO)O[C@H](C[O-])C(O)C2O)C(O)C(O)C1O. The van der Waals surface area contributed by atoms with E-state index < -0.39 is 74.6 Å². The average Bonchev–Trinajstić information content (AvgIpc) is 2.80.